The third-order valence-electron chi connectivity index (χ3n) is 5.66. The molecule has 0 heterocycles. The second-order valence-corrected chi connectivity index (χ2v) is 8.31. The van der Waals surface area contributed by atoms with Crippen molar-refractivity contribution >= 4 is 17.6 Å². The Hall–Kier alpha value is -2.27. The Balaban J connectivity index is 1.70. The van der Waals surface area contributed by atoms with Gasteiger partial charge in [0.15, 0.2) is 0 Å². The minimum atomic E-state index is -4.61. The molecule has 2 aromatic rings. The third kappa shape index (κ3) is 4.50. The van der Waals surface area contributed by atoms with Crippen LogP contribution in [0.3, 0.4) is 0 Å². The van der Waals surface area contributed by atoms with Crippen LogP contribution in [0.5, 0.6) is 0 Å². The molecule has 1 saturated carbocycles. The van der Waals surface area contributed by atoms with Gasteiger partial charge in [0.25, 0.3) is 0 Å². The summed E-state index contributed by atoms with van der Waals surface area (Å²) in [5.41, 5.74) is 3.34. The van der Waals surface area contributed by atoms with E-state index < -0.39 is 34.4 Å². The molecule has 29 heavy (non-hydrogen) atoms. The van der Waals surface area contributed by atoms with E-state index in [0.29, 0.717) is 0 Å². The maximum atomic E-state index is 12.7. The van der Waals surface area contributed by atoms with Crippen molar-refractivity contribution < 1.29 is 22.7 Å². The first-order chi connectivity index (χ1) is 13.5. The fraction of sp³-hybridized carbons (Fsp3) is 0.348. The van der Waals surface area contributed by atoms with Crippen LogP contribution in [-0.4, -0.2) is 12.1 Å². The standard InChI is InChI=1S/C23H22ClF3O2/c1-14-16(10-7-11-17(14)15-8-5-4-6-9-15)13-29-21(28)20-18(22(20,2)3)12-19(24)23(25,26)27/h4-12,18,20H,13H2,1-3H3/b19-12-/t18-,20+/m1/s1. The SMILES string of the molecule is Cc1c(COC(=O)[C@@H]2[C@@H](/C=C(\Cl)C(F)(F)F)C2(C)C)cccc1-c1ccccc1. The molecule has 0 spiro atoms. The maximum Gasteiger partial charge on any atom is 0.426 e. The quantitative estimate of drug-likeness (QED) is 0.503. The molecule has 1 fully saturated rings. The van der Waals surface area contributed by atoms with Crippen molar-refractivity contribution in [1.29, 1.82) is 0 Å². The highest BCUT2D eigenvalue weighted by atomic mass is 35.5. The van der Waals surface area contributed by atoms with Crippen molar-refractivity contribution in [2.75, 3.05) is 0 Å². The zero-order chi connectivity index (χ0) is 21.4. The molecular weight excluding hydrogens is 401 g/mol. The summed E-state index contributed by atoms with van der Waals surface area (Å²) in [4.78, 5) is 12.5. The molecule has 0 N–H and O–H groups in total. The van der Waals surface area contributed by atoms with Gasteiger partial charge < -0.3 is 4.74 Å². The van der Waals surface area contributed by atoms with Gasteiger partial charge in [0.05, 0.1) is 5.92 Å². The van der Waals surface area contributed by atoms with Crippen molar-refractivity contribution in [3.63, 3.8) is 0 Å². The number of halogens is 4. The summed E-state index contributed by atoms with van der Waals surface area (Å²) in [6.45, 7) is 5.51. The Morgan fingerprint density at radius 3 is 2.41 bits per heavy atom. The van der Waals surface area contributed by atoms with Gasteiger partial charge in [0.1, 0.15) is 11.6 Å². The zero-order valence-electron chi connectivity index (χ0n) is 16.4. The molecule has 154 valence electrons. The summed E-state index contributed by atoms with van der Waals surface area (Å²) in [5.74, 6) is -1.75. The molecule has 0 aromatic heterocycles. The van der Waals surface area contributed by atoms with Crippen LogP contribution < -0.4 is 0 Å². The predicted octanol–water partition coefficient (Wildman–Crippen LogP) is 6.66. The summed E-state index contributed by atoms with van der Waals surface area (Å²) in [6.07, 6.45) is -3.68. The van der Waals surface area contributed by atoms with E-state index in [9.17, 15) is 18.0 Å². The number of hydrogen-bond acceptors (Lipinski definition) is 2. The highest BCUT2D eigenvalue weighted by molar-refractivity contribution is 6.30. The first-order valence-corrected chi connectivity index (χ1v) is 9.66. The second-order valence-electron chi connectivity index (χ2n) is 7.90. The van der Waals surface area contributed by atoms with Crippen LogP contribution in [0.25, 0.3) is 11.1 Å². The van der Waals surface area contributed by atoms with Gasteiger partial charge in [-0.3, -0.25) is 4.79 Å². The van der Waals surface area contributed by atoms with Crippen molar-refractivity contribution in [1.82, 2.24) is 0 Å². The van der Waals surface area contributed by atoms with Crippen LogP contribution >= 0.6 is 11.6 Å². The number of allylic oxidation sites excluding steroid dienone is 2. The summed E-state index contributed by atoms with van der Waals surface area (Å²) >= 11 is 5.34. The van der Waals surface area contributed by atoms with E-state index in [1.807, 2.05) is 55.5 Å². The lowest BCUT2D eigenvalue weighted by Gasteiger charge is -2.12. The van der Waals surface area contributed by atoms with Crippen LogP contribution in [0.15, 0.2) is 59.6 Å². The lowest BCUT2D eigenvalue weighted by Crippen LogP contribution is -2.11. The molecular formula is C23H22ClF3O2. The molecule has 0 aliphatic heterocycles. The van der Waals surface area contributed by atoms with Gasteiger partial charge in [0, 0.05) is 0 Å². The monoisotopic (exact) mass is 422 g/mol. The summed E-state index contributed by atoms with van der Waals surface area (Å²) in [5, 5.41) is -1.20. The van der Waals surface area contributed by atoms with Crippen LogP contribution in [0.1, 0.15) is 25.0 Å². The van der Waals surface area contributed by atoms with E-state index in [4.69, 9.17) is 16.3 Å². The van der Waals surface area contributed by atoms with E-state index in [0.717, 1.165) is 28.3 Å². The van der Waals surface area contributed by atoms with Crippen LogP contribution in [0.4, 0.5) is 13.2 Å². The molecule has 0 radical (unpaired) electrons. The van der Waals surface area contributed by atoms with Gasteiger partial charge >= 0.3 is 12.1 Å². The number of hydrogen-bond donors (Lipinski definition) is 0. The highest BCUT2D eigenvalue weighted by Gasteiger charge is 2.62. The Morgan fingerprint density at radius 2 is 1.79 bits per heavy atom. The number of benzene rings is 2. The van der Waals surface area contributed by atoms with E-state index in [2.05, 4.69) is 0 Å². The van der Waals surface area contributed by atoms with Gasteiger partial charge in [-0.25, -0.2) is 0 Å². The van der Waals surface area contributed by atoms with Gasteiger partial charge in [-0.05, 0) is 40.5 Å². The third-order valence-corrected chi connectivity index (χ3v) is 6.00. The zero-order valence-corrected chi connectivity index (χ0v) is 17.1. The number of carbonyl (C=O) groups is 1. The minimum absolute atomic E-state index is 0.0708. The largest absolute Gasteiger partial charge is 0.461 e. The lowest BCUT2D eigenvalue weighted by molar-refractivity contribution is -0.147. The first kappa shape index (κ1) is 21.4. The summed E-state index contributed by atoms with van der Waals surface area (Å²) in [7, 11) is 0. The van der Waals surface area contributed by atoms with Crippen LogP contribution in [0.2, 0.25) is 0 Å². The number of carbonyl (C=O) groups excluding carboxylic acids is 1. The average Bonchev–Trinajstić information content (AvgIpc) is 3.20. The molecule has 0 saturated heterocycles. The molecule has 0 amide bonds. The van der Waals surface area contributed by atoms with E-state index in [1.54, 1.807) is 13.8 Å². The fourth-order valence-electron chi connectivity index (χ4n) is 3.70. The topological polar surface area (TPSA) is 26.3 Å². The normalized spacial score (nSPS) is 21.0. The highest BCUT2D eigenvalue weighted by Crippen LogP contribution is 2.60. The Bertz CT molecular complexity index is 933. The molecule has 6 heteroatoms. The summed E-state index contributed by atoms with van der Waals surface area (Å²) in [6, 6.07) is 15.6. The number of rotatable bonds is 5. The van der Waals surface area contributed by atoms with Crippen LogP contribution in [0, 0.1) is 24.2 Å². The van der Waals surface area contributed by atoms with Crippen molar-refractivity contribution in [2.24, 2.45) is 17.3 Å². The maximum absolute atomic E-state index is 12.7. The van der Waals surface area contributed by atoms with Gasteiger partial charge in [-0.15, -0.1) is 0 Å². The minimum Gasteiger partial charge on any atom is -0.461 e. The molecule has 2 nitrogen and oxygen atoms in total. The van der Waals surface area contributed by atoms with E-state index in [1.165, 1.54) is 0 Å². The molecule has 1 aliphatic carbocycles. The second kappa shape index (κ2) is 7.86. The van der Waals surface area contributed by atoms with Gasteiger partial charge in [-0.2, -0.15) is 13.2 Å². The summed E-state index contributed by atoms with van der Waals surface area (Å²) < 4.78 is 43.5. The van der Waals surface area contributed by atoms with Gasteiger partial charge in [-0.1, -0.05) is 80.1 Å². The average molecular weight is 423 g/mol. The van der Waals surface area contributed by atoms with E-state index >= 15 is 0 Å². The molecule has 2 aromatic carbocycles. The lowest BCUT2D eigenvalue weighted by atomic mass is 9.97. The molecule has 2 atom stereocenters. The van der Waals surface area contributed by atoms with Crippen molar-refractivity contribution in [3.8, 4) is 11.1 Å². The number of ether oxygens (including phenoxy) is 1. The van der Waals surface area contributed by atoms with Gasteiger partial charge in [0.2, 0.25) is 0 Å². The molecule has 1 aliphatic rings. The van der Waals surface area contributed by atoms with E-state index in [-0.39, 0.29) is 6.61 Å². The Labute approximate surface area is 173 Å². The predicted molar refractivity (Wildman–Crippen MR) is 107 cm³/mol. The Morgan fingerprint density at radius 1 is 1.14 bits per heavy atom. The smallest absolute Gasteiger partial charge is 0.426 e. The number of alkyl halides is 3. The molecule has 3 rings (SSSR count). The molecule has 0 unspecified atom stereocenters. The van der Waals surface area contributed by atoms with Crippen LogP contribution in [-0.2, 0) is 16.1 Å². The molecule has 0 bridgehead atoms. The Kier molecular flexibility index (Phi) is 5.81. The number of esters is 1. The first-order valence-electron chi connectivity index (χ1n) is 9.28. The van der Waals surface area contributed by atoms with Crippen molar-refractivity contribution in [2.45, 2.75) is 33.6 Å². The van der Waals surface area contributed by atoms with Crippen molar-refractivity contribution in [3.05, 3.63) is 70.8 Å². The fourth-order valence-corrected chi connectivity index (χ4v) is 3.84.